The molecule has 0 amide bonds. The van der Waals surface area contributed by atoms with Crippen molar-refractivity contribution in [2.45, 2.75) is 59.4 Å². The second-order valence-corrected chi connectivity index (χ2v) is 9.10. The molecule has 24 heavy (non-hydrogen) atoms. The smallest absolute Gasteiger partial charge is 0.387 e. The van der Waals surface area contributed by atoms with Gasteiger partial charge in [-0.25, -0.2) is 0 Å². The quantitative estimate of drug-likeness (QED) is 0.368. The van der Waals surface area contributed by atoms with Gasteiger partial charge in [0.25, 0.3) is 0 Å². The fourth-order valence-electron chi connectivity index (χ4n) is 2.99. The Morgan fingerprint density at radius 2 is 1.71 bits per heavy atom. The highest BCUT2D eigenvalue weighted by Gasteiger charge is 2.39. The molecule has 0 aromatic carbocycles. The van der Waals surface area contributed by atoms with Gasteiger partial charge in [0.1, 0.15) is 0 Å². The van der Waals surface area contributed by atoms with E-state index in [1.165, 1.54) is 25.0 Å². The Balaban J connectivity index is 2.14. The summed E-state index contributed by atoms with van der Waals surface area (Å²) in [5.74, 6) is 0.846. The van der Waals surface area contributed by atoms with Crippen molar-refractivity contribution in [1.82, 2.24) is 10.6 Å². The molecule has 1 aliphatic carbocycles. The second kappa shape index (κ2) is 12.9. The third-order valence-electron chi connectivity index (χ3n) is 4.26. The summed E-state index contributed by atoms with van der Waals surface area (Å²) in [4.78, 5) is 0. The fourth-order valence-corrected chi connectivity index (χ4v) is 5.61. The number of nitrogens with one attached hydrogen (secondary N) is 2. The van der Waals surface area contributed by atoms with Crippen molar-refractivity contribution in [3.8, 4) is 0 Å². The molecule has 0 saturated carbocycles. The first-order valence-corrected chi connectivity index (χ1v) is 11.6. The van der Waals surface area contributed by atoms with Gasteiger partial charge in [0, 0.05) is 44.7 Å². The third kappa shape index (κ3) is 8.62. The van der Waals surface area contributed by atoms with Crippen molar-refractivity contribution in [3.63, 3.8) is 0 Å². The van der Waals surface area contributed by atoms with Crippen molar-refractivity contribution in [1.29, 1.82) is 0 Å². The number of hydrogen-bond donors (Lipinski definition) is 2. The lowest BCUT2D eigenvalue weighted by atomic mass is 9.94. The van der Waals surface area contributed by atoms with Gasteiger partial charge in [0.2, 0.25) is 0 Å². The molecule has 0 radical (unpaired) electrons. The van der Waals surface area contributed by atoms with Gasteiger partial charge in [-0.1, -0.05) is 13.0 Å². The van der Waals surface area contributed by atoms with E-state index in [9.17, 15) is 0 Å². The van der Waals surface area contributed by atoms with Crippen LogP contribution in [-0.2, 0) is 13.3 Å². The minimum Gasteiger partial charge on any atom is -0.387 e. The van der Waals surface area contributed by atoms with Crippen molar-refractivity contribution in [2.75, 3.05) is 39.5 Å². The highest BCUT2D eigenvalue weighted by atomic mass is 28.4. The van der Waals surface area contributed by atoms with Gasteiger partial charge < -0.3 is 23.9 Å². The van der Waals surface area contributed by atoms with Crippen molar-refractivity contribution in [2.24, 2.45) is 5.92 Å². The first-order chi connectivity index (χ1) is 11.7. The van der Waals surface area contributed by atoms with Gasteiger partial charge in [-0.15, -0.1) is 0 Å². The van der Waals surface area contributed by atoms with E-state index in [2.05, 4.69) is 23.6 Å². The molecule has 142 valence electrons. The highest BCUT2D eigenvalue weighted by Crippen LogP contribution is 2.21. The van der Waals surface area contributed by atoms with E-state index in [0.29, 0.717) is 19.8 Å². The lowest BCUT2D eigenvalue weighted by Crippen LogP contribution is -2.46. The van der Waals surface area contributed by atoms with Gasteiger partial charge in [-0.2, -0.15) is 0 Å². The Morgan fingerprint density at radius 3 is 2.25 bits per heavy atom. The molecule has 1 rings (SSSR count). The van der Waals surface area contributed by atoms with Crippen LogP contribution < -0.4 is 10.6 Å². The summed E-state index contributed by atoms with van der Waals surface area (Å²) in [6.07, 6.45) is 7.11. The molecule has 1 aliphatic rings. The summed E-state index contributed by atoms with van der Waals surface area (Å²) in [5, 5.41) is 7.04. The van der Waals surface area contributed by atoms with Gasteiger partial charge in [-0.05, 0) is 58.9 Å². The maximum atomic E-state index is 5.87. The van der Waals surface area contributed by atoms with Crippen molar-refractivity contribution in [3.05, 3.63) is 11.8 Å². The maximum absolute atomic E-state index is 5.87. The molecule has 0 bridgehead atoms. The van der Waals surface area contributed by atoms with Crippen LogP contribution >= 0.6 is 0 Å². The predicted octanol–water partition coefficient (Wildman–Crippen LogP) is 3.31. The molecule has 2 N–H and O–H groups in total. The molecule has 1 atom stereocenters. The van der Waals surface area contributed by atoms with Crippen LogP contribution in [0.2, 0.25) is 6.04 Å². The largest absolute Gasteiger partial charge is 0.500 e. The van der Waals surface area contributed by atoms with Crippen LogP contribution in [0.1, 0.15) is 53.4 Å². The van der Waals surface area contributed by atoms with E-state index < -0.39 is 8.80 Å². The van der Waals surface area contributed by atoms with Crippen LogP contribution in [-0.4, -0.2) is 48.3 Å². The molecule has 6 heteroatoms. The Kier molecular flexibility index (Phi) is 11.6. The summed E-state index contributed by atoms with van der Waals surface area (Å²) >= 11 is 0. The zero-order valence-corrected chi connectivity index (χ0v) is 17.2. The molecule has 0 spiro atoms. The Bertz CT molecular complexity index is 336. The Labute approximate surface area is 149 Å². The topological polar surface area (TPSA) is 51.8 Å². The normalized spacial score (nSPS) is 18.5. The maximum Gasteiger partial charge on any atom is 0.500 e. The molecule has 0 saturated heterocycles. The fraction of sp³-hybridized carbons (Fsp3) is 0.889. The van der Waals surface area contributed by atoms with Gasteiger partial charge >= 0.3 is 8.80 Å². The summed E-state index contributed by atoms with van der Waals surface area (Å²) in [5.41, 5.74) is 1.42. The number of hydrogen-bond acceptors (Lipinski definition) is 5. The summed E-state index contributed by atoms with van der Waals surface area (Å²) < 4.78 is 17.6. The second-order valence-electron chi connectivity index (χ2n) is 6.37. The zero-order chi connectivity index (χ0) is 17.7. The van der Waals surface area contributed by atoms with Crippen LogP contribution in [0.3, 0.4) is 0 Å². The monoisotopic (exact) mass is 358 g/mol. The SMILES string of the molecule is CCO[Si](CCCNCCNC1=CCC(C)CC1)(OCC)OCC. The van der Waals surface area contributed by atoms with E-state index in [-0.39, 0.29) is 0 Å². The van der Waals surface area contributed by atoms with Crippen LogP contribution in [0.4, 0.5) is 0 Å². The number of rotatable bonds is 14. The predicted molar refractivity (Wildman–Crippen MR) is 102 cm³/mol. The standard InChI is InChI=1S/C18H38N2O3Si/c1-5-21-24(22-6-2,23-7-3)16-8-13-19-14-15-20-18-11-9-17(4)10-12-18/h11,17,19-20H,5-10,12-16H2,1-4H3. The Morgan fingerprint density at radius 1 is 1.04 bits per heavy atom. The number of allylic oxidation sites excluding steroid dienone is 2. The van der Waals surface area contributed by atoms with Gasteiger partial charge in [0.05, 0.1) is 0 Å². The molecular weight excluding hydrogens is 320 g/mol. The zero-order valence-electron chi connectivity index (χ0n) is 16.2. The minimum absolute atomic E-state index is 0.650. The van der Waals surface area contributed by atoms with Crippen molar-refractivity contribution < 1.29 is 13.3 Å². The molecule has 0 aliphatic heterocycles. The van der Waals surface area contributed by atoms with E-state index in [4.69, 9.17) is 13.3 Å². The van der Waals surface area contributed by atoms with E-state index in [1.807, 2.05) is 20.8 Å². The molecular formula is C18H38N2O3Si. The Hall–Kier alpha value is -0.403. The molecule has 1 unspecified atom stereocenters. The third-order valence-corrected chi connectivity index (χ3v) is 7.41. The van der Waals surface area contributed by atoms with Gasteiger partial charge in [-0.3, -0.25) is 0 Å². The van der Waals surface area contributed by atoms with Crippen molar-refractivity contribution >= 4 is 8.80 Å². The first kappa shape index (κ1) is 21.6. The highest BCUT2D eigenvalue weighted by molar-refractivity contribution is 6.60. The van der Waals surface area contributed by atoms with Crippen LogP contribution in [0.25, 0.3) is 0 Å². The lowest BCUT2D eigenvalue weighted by molar-refractivity contribution is 0.0708. The molecule has 0 heterocycles. The summed E-state index contributed by atoms with van der Waals surface area (Å²) in [7, 11) is -2.46. The van der Waals surface area contributed by atoms with E-state index in [0.717, 1.165) is 38.0 Å². The summed E-state index contributed by atoms with van der Waals surface area (Å²) in [6, 6.07) is 0.881. The first-order valence-electron chi connectivity index (χ1n) is 9.71. The van der Waals surface area contributed by atoms with Crippen LogP contribution in [0, 0.1) is 5.92 Å². The molecule has 0 fully saturated rings. The lowest BCUT2D eigenvalue weighted by Gasteiger charge is -2.28. The van der Waals surface area contributed by atoms with E-state index >= 15 is 0 Å². The average Bonchev–Trinajstić information content (AvgIpc) is 2.56. The van der Waals surface area contributed by atoms with Crippen LogP contribution in [0.15, 0.2) is 11.8 Å². The minimum atomic E-state index is -2.46. The molecule has 5 nitrogen and oxygen atoms in total. The van der Waals surface area contributed by atoms with E-state index in [1.54, 1.807) is 0 Å². The van der Waals surface area contributed by atoms with Gasteiger partial charge in [0.15, 0.2) is 0 Å². The summed E-state index contributed by atoms with van der Waals surface area (Å²) in [6.45, 7) is 13.2. The molecule has 0 aromatic rings. The van der Waals surface area contributed by atoms with Crippen LogP contribution in [0.5, 0.6) is 0 Å². The average molecular weight is 359 g/mol. The molecule has 0 aromatic heterocycles.